The molecule has 0 aliphatic heterocycles. The van der Waals surface area contributed by atoms with Gasteiger partial charge in [0.05, 0.1) is 0 Å². The van der Waals surface area contributed by atoms with Gasteiger partial charge in [-0.05, 0) is 0 Å². The number of nitrogens with two attached hydrogens (primary N) is 1. The molecule has 0 aromatic heterocycles. The summed E-state index contributed by atoms with van der Waals surface area (Å²) in [5, 5.41) is 3.43. The van der Waals surface area contributed by atoms with Crippen molar-refractivity contribution in [3.8, 4) is 0 Å². The molecule has 0 radical (unpaired) electrons. The van der Waals surface area contributed by atoms with Crippen LogP contribution in [-0.2, 0) is 23.6 Å². The summed E-state index contributed by atoms with van der Waals surface area (Å²) in [7, 11) is -6.35. The van der Waals surface area contributed by atoms with Gasteiger partial charge in [-0.1, -0.05) is 0 Å². The van der Waals surface area contributed by atoms with Gasteiger partial charge in [0.1, 0.15) is 0 Å². The molecule has 3 aromatic rings. The number of alkyl halides is 3. The summed E-state index contributed by atoms with van der Waals surface area (Å²) in [6.45, 7) is -4.36. The van der Waals surface area contributed by atoms with Crippen LogP contribution in [-0.4, -0.2) is 32.0 Å². The second kappa shape index (κ2) is 9.77. The number of benzene rings is 3. The summed E-state index contributed by atoms with van der Waals surface area (Å²) in [6.07, 6.45) is 0. The van der Waals surface area contributed by atoms with Gasteiger partial charge >= 0.3 is 200 Å². The van der Waals surface area contributed by atoms with E-state index in [0.29, 0.717) is 0 Å². The predicted molar refractivity (Wildman–Crippen MR) is 129 cm³/mol. The number of carbonyl (C=O) groups is 1. The molecule has 7 nitrogen and oxygen atoms in total. The second-order valence-corrected chi connectivity index (χ2v) is 13.2. The van der Waals surface area contributed by atoms with Crippen LogP contribution in [0.15, 0.2) is 96.1 Å². The maximum absolute atomic E-state index is 13.9. The molecule has 0 atom stereocenters. The average Bonchev–Trinajstić information content (AvgIpc) is 2.85. The molecule has 0 spiro atoms. The summed E-state index contributed by atoms with van der Waals surface area (Å²) >= 11 is 0. The van der Waals surface area contributed by atoms with Crippen molar-refractivity contribution in [3.63, 3.8) is 0 Å². The van der Waals surface area contributed by atoms with E-state index >= 15 is 0 Å². The molecule has 0 amide bonds. The number of ether oxygens (including phenoxy) is 1. The van der Waals surface area contributed by atoms with Crippen molar-refractivity contribution in [1.29, 1.82) is 0 Å². The van der Waals surface area contributed by atoms with Gasteiger partial charge in [0, 0.05) is 0 Å². The molecule has 12 heteroatoms. The minimum atomic E-state index is -6.35. The van der Waals surface area contributed by atoms with Crippen molar-refractivity contribution in [1.82, 2.24) is 0 Å². The fraction of sp³-hybridized carbons (Fsp3) is 0.130. The van der Waals surface area contributed by atoms with Gasteiger partial charge in [-0.3, -0.25) is 0 Å². The van der Waals surface area contributed by atoms with E-state index in [2.05, 4.69) is 5.10 Å². The van der Waals surface area contributed by atoms with E-state index in [1.807, 2.05) is 0 Å². The zero-order valence-corrected chi connectivity index (χ0v) is 20.1. The Morgan fingerprint density at radius 3 is 1.51 bits per heavy atom. The molecule has 35 heavy (non-hydrogen) atoms. The van der Waals surface area contributed by atoms with Gasteiger partial charge in [0.25, 0.3) is 0 Å². The van der Waals surface area contributed by atoms with Crippen molar-refractivity contribution in [2.75, 3.05) is 6.61 Å². The van der Waals surface area contributed by atoms with Crippen LogP contribution in [0.3, 0.4) is 0 Å². The van der Waals surface area contributed by atoms with Gasteiger partial charge < -0.3 is 0 Å². The Balaban J connectivity index is 2.74. The van der Waals surface area contributed by atoms with Gasteiger partial charge in [0.15, 0.2) is 0 Å². The zero-order valence-electron chi connectivity index (χ0n) is 18.4. The average molecular weight is 526 g/mol. The summed E-state index contributed by atoms with van der Waals surface area (Å²) in [4.78, 5) is 13.3. The van der Waals surface area contributed by atoms with Crippen LogP contribution in [0.4, 0.5) is 13.2 Å². The summed E-state index contributed by atoms with van der Waals surface area (Å²) in [6, 6.07) is 21.8. The Kier molecular flexibility index (Phi) is 7.35. The van der Waals surface area contributed by atoms with Crippen molar-refractivity contribution in [3.05, 3.63) is 91.0 Å². The Morgan fingerprint density at radius 1 is 0.857 bits per heavy atom. The van der Waals surface area contributed by atoms with Gasteiger partial charge in [-0.2, -0.15) is 0 Å². The third-order valence-corrected chi connectivity index (χ3v) is 12.8. The quantitative estimate of drug-likeness (QED) is 0.121. The van der Waals surface area contributed by atoms with Gasteiger partial charge in [-0.15, -0.1) is 0 Å². The Labute approximate surface area is 200 Å². The predicted octanol–water partition coefficient (Wildman–Crippen LogP) is 3.13. The standard InChI is InChI=1S/C23H22F3N2O5PS/c1-2-32-22(29)21(28-27)34(18-12-6-3-7-13-18,19-14-8-4-9-15-19,20-16-10-5-11-17-20)33-35(30,31)23(24,25)26/h3-17H,2,27H2,1H3. The molecule has 0 unspecified atom stereocenters. The molecule has 3 aromatic carbocycles. The SMILES string of the molecule is CCOC(=O)C(=NN)P(OS(=O)(=O)C(F)(F)F)(c1ccccc1)(c1ccccc1)c1ccccc1. The van der Waals surface area contributed by atoms with Crippen LogP contribution in [0.2, 0.25) is 0 Å². The normalized spacial score (nSPS) is 14.1. The molecule has 0 saturated heterocycles. The number of carbonyl (C=O) groups excluding carboxylic acids is 1. The van der Waals surface area contributed by atoms with Crippen molar-refractivity contribution < 1.29 is 35.1 Å². The fourth-order valence-electron chi connectivity index (χ4n) is 3.89. The number of esters is 1. The topological polar surface area (TPSA) is 108 Å². The Bertz CT molecular complexity index is 1220. The molecule has 0 aliphatic carbocycles. The van der Waals surface area contributed by atoms with E-state index in [9.17, 15) is 26.4 Å². The third-order valence-electron chi connectivity index (χ3n) is 5.26. The number of halogens is 3. The first-order chi connectivity index (χ1) is 16.5. The Hall–Kier alpha value is -3.27. The van der Waals surface area contributed by atoms with Crippen molar-refractivity contribution in [2.24, 2.45) is 10.9 Å². The van der Waals surface area contributed by atoms with Gasteiger partial charge in [0.2, 0.25) is 0 Å². The monoisotopic (exact) mass is 526 g/mol. The van der Waals surface area contributed by atoms with Crippen LogP contribution < -0.4 is 21.8 Å². The van der Waals surface area contributed by atoms with E-state index < -0.39 is 33.9 Å². The van der Waals surface area contributed by atoms with E-state index in [1.54, 1.807) is 18.2 Å². The molecule has 0 saturated carbocycles. The molecule has 0 fully saturated rings. The zero-order chi connectivity index (χ0) is 25.8. The van der Waals surface area contributed by atoms with E-state index in [4.69, 9.17) is 14.5 Å². The Morgan fingerprint density at radius 2 is 1.23 bits per heavy atom. The van der Waals surface area contributed by atoms with Crippen molar-refractivity contribution in [2.45, 2.75) is 12.4 Å². The first-order valence-corrected chi connectivity index (χ1v) is 13.8. The number of rotatable bonds is 8. The van der Waals surface area contributed by atoms with Gasteiger partial charge in [-0.25, -0.2) is 0 Å². The molecular weight excluding hydrogens is 504 g/mol. The number of nitrogens with zero attached hydrogens (tertiary/aromatic N) is 1. The molecule has 0 bridgehead atoms. The molecule has 186 valence electrons. The van der Waals surface area contributed by atoms with Crippen LogP contribution in [0.5, 0.6) is 0 Å². The number of hydrogen-bond acceptors (Lipinski definition) is 7. The summed E-state index contributed by atoms with van der Waals surface area (Å²) in [5.41, 5.74) is -6.63. The molecule has 0 heterocycles. The van der Waals surface area contributed by atoms with Crippen LogP contribution in [0, 0.1) is 0 Å². The minimum absolute atomic E-state index is 0.0546. The van der Waals surface area contributed by atoms with Crippen molar-refractivity contribution >= 4 is 44.3 Å². The summed E-state index contributed by atoms with van der Waals surface area (Å²) in [5.74, 6) is 4.46. The fourth-order valence-corrected chi connectivity index (χ4v) is 11.6. The first kappa shape index (κ1) is 26.3. The van der Waals surface area contributed by atoms with Crippen LogP contribution >= 0.6 is 6.83 Å². The van der Waals surface area contributed by atoms with E-state index in [1.165, 1.54) is 79.7 Å². The number of hydrogen-bond donors (Lipinski definition) is 1. The van der Waals surface area contributed by atoms with Crippen LogP contribution in [0.1, 0.15) is 6.92 Å². The second-order valence-electron chi connectivity index (χ2n) is 7.19. The third kappa shape index (κ3) is 4.20. The first-order valence-electron chi connectivity index (χ1n) is 10.2. The maximum atomic E-state index is 13.9. The molecule has 2 N–H and O–H groups in total. The molecular formula is C23H22F3N2O5PS. The van der Waals surface area contributed by atoms with Crippen LogP contribution in [0.25, 0.3) is 0 Å². The van der Waals surface area contributed by atoms with E-state index in [0.717, 1.165) is 0 Å². The summed E-state index contributed by atoms with van der Waals surface area (Å²) < 4.78 is 78.0. The number of hydrazone groups is 1. The molecule has 0 aliphatic rings. The molecule has 3 rings (SSSR count). The van der Waals surface area contributed by atoms with E-state index in [-0.39, 0.29) is 22.5 Å².